The maximum atomic E-state index is 11.8. The van der Waals surface area contributed by atoms with Gasteiger partial charge in [0.15, 0.2) is 0 Å². The number of fused-ring (bicyclic) bond motifs is 2. The topological polar surface area (TPSA) is 23.6 Å². The van der Waals surface area contributed by atoms with E-state index in [2.05, 4.69) is 18.2 Å². The Morgan fingerprint density at radius 3 is 2.80 bits per heavy atom. The average molecular weight is 202 g/mol. The smallest absolute Gasteiger partial charge is 0.320 e. The lowest BCUT2D eigenvalue weighted by Crippen LogP contribution is -2.38. The van der Waals surface area contributed by atoms with Gasteiger partial charge in [0.1, 0.15) is 0 Å². The molecule has 1 atom stereocenters. The fourth-order valence-electron chi connectivity index (χ4n) is 2.59. The molecule has 1 saturated heterocycles. The van der Waals surface area contributed by atoms with Gasteiger partial charge < -0.3 is 9.80 Å². The molecule has 0 aromatic heterocycles. The summed E-state index contributed by atoms with van der Waals surface area (Å²) in [5.74, 6) is 0. The Bertz CT molecular complexity index is 416. The summed E-state index contributed by atoms with van der Waals surface area (Å²) in [6.07, 6.45) is 1.01. The van der Waals surface area contributed by atoms with Crippen LogP contribution in [-0.4, -0.2) is 35.5 Å². The number of likely N-dealkylation sites (N-methyl/N-ethyl adjacent to an activating group) is 1. The Hall–Kier alpha value is -1.51. The van der Waals surface area contributed by atoms with Gasteiger partial charge in [0.05, 0.1) is 6.04 Å². The van der Waals surface area contributed by atoms with Gasteiger partial charge in [-0.1, -0.05) is 24.3 Å². The Morgan fingerprint density at radius 1 is 1.27 bits per heavy atom. The molecule has 2 heterocycles. The molecule has 0 unspecified atom stereocenters. The molecule has 15 heavy (non-hydrogen) atoms. The number of hydrogen-bond acceptors (Lipinski definition) is 1. The average Bonchev–Trinajstić information content (AvgIpc) is 2.52. The van der Waals surface area contributed by atoms with Crippen molar-refractivity contribution in [3.8, 4) is 0 Å². The van der Waals surface area contributed by atoms with Gasteiger partial charge in [0.25, 0.3) is 0 Å². The van der Waals surface area contributed by atoms with E-state index in [0.29, 0.717) is 6.04 Å². The Balaban J connectivity index is 1.97. The molecule has 0 radical (unpaired) electrons. The lowest BCUT2D eigenvalue weighted by molar-refractivity contribution is 0.185. The van der Waals surface area contributed by atoms with E-state index in [1.54, 1.807) is 0 Å². The zero-order valence-corrected chi connectivity index (χ0v) is 8.81. The molecule has 78 valence electrons. The third kappa shape index (κ3) is 1.23. The van der Waals surface area contributed by atoms with Crippen LogP contribution >= 0.6 is 0 Å². The molecule has 0 saturated carbocycles. The van der Waals surface area contributed by atoms with Crippen molar-refractivity contribution in [3.63, 3.8) is 0 Å². The number of rotatable bonds is 0. The second-order valence-electron chi connectivity index (χ2n) is 4.42. The monoisotopic (exact) mass is 202 g/mol. The predicted octanol–water partition coefficient (Wildman–Crippen LogP) is 1.48. The van der Waals surface area contributed by atoms with Crippen molar-refractivity contribution in [2.75, 3.05) is 13.6 Å². The van der Waals surface area contributed by atoms with Gasteiger partial charge in [0.2, 0.25) is 0 Å². The zero-order chi connectivity index (χ0) is 10.4. The van der Waals surface area contributed by atoms with E-state index < -0.39 is 0 Å². The highest BCUT2D eigenvalue weighted by atomic mass is 16.2. The quantitative estimate of drug-likeness (QED) is 0.625. The molecule has 3 heteroatoms. The van der Waals surface area contributed by atoms with Gasteiger partial charge in [-0.15, -0.1) is 0 Å². The van der Waals surface area contributed by atoms with E-state index in [0.717, 1.165) is 19.5 Å². The Labute approximate surface area is 89.3 Å². The summed E-state index contributed by atoms with van der Waals surface area (Å²) in [5.41, 5.74) is 2.71. The minimum absolute atomic E-state index is 0.175. The lowest BCUT2D eigenvalue weighted by atomic mass is 9.95. The molecule has 1 aromatic carbocycles. The van der Waals surface area contributed by atoms with Crippen molar-refractivity contribution in [1.82, 2.24) is 9.80 Å². The predicted molar refractivity (Wildman–Crippen MR) is 57.5 cm³/mol. The van der Waals surface area contributed by atoms with Crippen molar-refractivity contribution in [3.05, 3.63) is 35.4 Å². The maximum Gasteiger partial charge on any atom is 0.320 e. The molecule has 0 spiro atoms. The maximum absolute atomic E-state index is 11.8. The SMILES string of the molecule is CN1C[C@H]2Cc3ccccc3CN2C1=O. The molecular formula is C12H14N2O. The van der Waals surface area contributed by atoms with Crippen molar-refractivity contribution >= 4 is 6.03 Å². The summed E-state index contributed by atoms with van der Waals surface area (Å²) in [6, 6.07) is 8.98. The largest absolute Gasteiger partial charge is 0.326 e. The first-order chi connectivity index (χ1) is 7.25. The van der Waals surface area contributed by atoms with Crippen LogP contribution in [0.1, 0.15) is 11.1 Å². The Kier molecular flexibility index (Phi) is 1.75. The summed E-state index contributed by atoms with van der Waals surface area (Å²) >= 11 is 0. The third-order valence-corrected chi connectivity index (χ3v) is 3.41. The molecule has 3 nitrogen and oxygen atoms in total. The van der Waals surface area contributed by atoms with Crippen molar-refractivity contribution in [2.24, 2.45) is 0 Å². The second kappa shape index (κ2) is 2.99. The van der Waals surface area contributed by atoms with Crippen LogP contribution in [0.4, 0.5) is 4.79 Å². The van der Waals surface area contributed by atoms with Gasteiger partial charge in [-0.2, -0.15) is 0 Å². The lowest BCUT2D eigenvalue weighted by Gasteiger charge is -2.29. The molecule has 1 aromatic rings. The summed E-state index contributed by atoms with van der Waals surface area (Å²) in [4.78, 5) is 15.6. The standard InChI is InChI=1S/C12H14N2O/c1-13-8-11-6-9-4-2-3-5-10(9)7-14(11)12(13)15/h2-5,11H,6-8H2,1H3/t11-/m1/s1. The van der Waals surface area contributed by atoms with E-state index in [9.17, 15) is 4.79 Å². The van der Waals surface area contributed by atoms with E-state index in [1.807, 2.05) is 22.9 Å². The fraction of sp³-hybridized carbons (Fsp3) is 0.417. The summed E-state index contributed by atoms with van der Waals surface area (Å²) in [5, 5.41) is 0. The van der Waals surface area contributed by atoms with Gasteiger partial charge >= 0.3 is 6.03 Å². The first-order valence-corrected chi connectivity index (χ1v) is 5.34. The number of nitrogens with zero attached hydrogens (tertiary/aromatic N) is 2. The van der Waals surface area contributed by atoms with Crippen LogP contribution in [0.25, 0.3) is 0 Å². The number of carbonyl (C=O) groups is 1. The van der Waals surface area contributed by atoms with Gasteiger partial charge in [0, 0.05) is 20.1 Å². The van der Waals surface area contributed by atoms with Crippen LogP contribution in [0.5, 0.6) is 0 Å². The van der Waals surface area contributed by atoms with E-state index >= 15 is 0 Å². The fourth-order valence-corrected chi connectivity index (χ4v) is 2.59. The van der Waals surface area contributed by atoms with Crippen molar-refractivity contribution in [2.45, 2.75) is 19.0 Å². The molecule has 3 rings (SSSR count). The number of urea groups is 1. The minimum Gasteiger partial charge on any atom is -0.326 e. The highest BCUT2D eigenvalue weighted by molar-refractivity contribution is 5.77. The van der Waals surface area contributed by atoms with E-state index in [4.69, 9.17) is 0 Å². The normalized spacial score (nSPS) is 24.1. The Morgan fingerprint density at radius 2 is 2.00 bits per heavy atom. The molecule has 0 N–H and O–H groups in total. The van der Waals surface area contributed by atoms with Gasteiger partial charge in [-0.25, -0.2) is 4.79 Å². The van der Waals surface area contributed by atoms with Crippen LogP contribution in [-0.2, 0) is 13.0 Å². The number of benzene rings is 1. The third-order valence-electron chi connectivity index (χ3n) is 3.41. The molecular weight excluding hydrogens is 188 g/mol. The first kappa shape index (κ1) is 8.77. The van der Waals surface area contributed by atoms with Crippen LogP contribution in [0, 0.1) is 0 Å². The van der Waals surface area contributed by atoms with E-state index in [-0.39, 0.29) is 6.03 Å². The highest BCUT2D eigenvalue weighted by Gasteiger charge is 2.37. The molecule has 2 aliphatic heterocycles. The molecule has 2 aliphatic rings. The molecule has 1 fully saturated rings. The first-order valence-electron chi connectivity index (χ1n) is 5.34. The second-order valence-corrected chi connectivity index (χ2v) is 4.42. The van der Waals surface area contributed by atoms with Gasteiger partial charge in [-0.3, -0.25) is 0 Å². The van der Waals surface area contributed by atoms with E-state index in [1.165, 1.54) is 11.1 Å². The summed E-state index contributed by atoms with van der Waals surface area (Å²) in [7, 11) is 1.88. The number of amides is 2. The van der Waals surface area contributed by atoms with Crippen LogP contribution < -0.4 is 0 Å². The zero-order valence-electron chi connectivity index (χ0n) is 8.81. The molecule has 0 bridgehead atoms. The molecule has 2 amide bonds. The van der Waals surface area contributed by atoms with Crippen molar-refractivity contribution in [1.29, 1.82) is 0 Å². The minimum atomic E-state index is 0.175. The van der Waals surface area contributed by atoms with Crippen molar-refractivity contribution < 1.29 is 4.79 Å². The number of carbonyl (C=O) groups excluding carboxylic acids is 1. The number of hydrogen-bond donors (Lipinski definition) is 0. The summed E-state index contributed by atoms with van der Waals surface area (Å²) < 4.78 is 0. The van der Waals surface area contributed by atoms with Crippen LogP contribution in [0.15, 0.2) is 24.3 Å². The van der Waals surface area contributed by atoms with Crippen LogP contribution in [0.2, 0.25) is 0 Å². The van der Waals surface area contributed by atoms with Crippen LogP contribution in [0.3, 0.4) is 0 Å². The molecule has 0 aliphatic carbocycles. The van der Waals surface area contributed by atoms with Gasteiger partial charge in [-0.05, 0) is 17.5 Å². The highest BCUT2D eigenvalue weighted by Crippen LogP contribution is 2.27. The summed E-state index contributed by atoms with van der Waals surface area (Å²) in [6.45, 7) is 1.65.